The smallest absolute Gasteiger partial charge is 0.255 e. The summed E-state index contributed by atoms with van der Waals surface area (Å²) in [6.07, 6.45) is 3.99. The Morgan fingerprint density at radius 1 is 0.931 bits per heavy atom. The van der Waals surface area contributed by atoms with Gasteiger partial charge in [-0.25, -0.2) is 8.78 Å². The van der Waals surface area contributed by atoms with Gasteiger partial charge in [-0.15, -0.1) is 0 Å². The number of benzene rings is 2. The van der Waals surface area contributed by atoms with Crippen LogP contribution in [0.4, 0.5) is 8.78 Å². The van der Waals surface area contributed by atoms with E-state index in [4.69, 9.17) is 12.2 Å². The average molecular weight is 413 g/mol. The molecule has 3 nitrogen and oxygen atoms in total. The second-order valence-electron chi connectivity index (χ2n) is 7.67. The molecule has 0 aliphatic heterocycles. The molecule has 1 heterocycles. The molecule has 1 aliphatic rings. The Hall–Kier alpha value is -2.60. The number of H-pyrrole nitrogens is 2. The summed E-state index contributed by atoms with van der Waals surface area (Å²) in [7, 11) is 0. The SMILES string of the molecule is O=c1[nH]c(=S)[nH]c([C@H]2CC[C@H](c3ccccc3)CC2)c1Cc1ccc(F)cc1F. The molecule has 1 fully saturated rings. The van der Waals surface area contributed by atoms with Gasteiger partial charge in [0.15, 0.2) is 4.77 Å². The van der Waals surface area contributed by atoms with Crippen molar-refractivity contribution in [2.45, 2.75) is 43.9 Å². The molecule has 0 unspecified atom stereocenters. The lowest BCUT2D eigenvalue weighted by Gasteiger charge is -2.29. The van der Waals surface area contributed by atoms with E-state index in [0.29, 0.717) is 17.0 Å². The van der Waals surface area contributed by atoms with Gasteiger partial charge in [-0.2, -0.15) is 0 Å². The maximum atomic E-state index is 14.2. The molecule has 0 bridgehead atoms. The van der Waals surface area contributed by atoms with E-state index in [1.165, 1.54) is 17.7 Å². The van der Waals surface area contributed by atoms with Crippen LogP contribution in [0.15, 0.2) is 53.3 Å². The second kappa shape index (κ2) is 8.41. The number of aromatic nitrogens is 2. The zero-order valence-electron chi connectivity index (χ0n) is 15.9. The number of hydrogen-bond donors (Lipinski definition) is 2. The van der Waals surface area contributed by atoms with Gasteiger partial charge in [-0.3, -0.25) is 9.78 Å². The molecule has 1 saturated carbocycles. The lowest BCUT2D eigenvalue weighted by molar-refractivity contribution is 0.389. The molecule has 150 valence electrons. The fraction of sp³-hybridized carbons (Fsp3) is 0.304. The Bertz CT molecular complexity index is 1120. The number of hydrogen-bond acceptors (Lipinski definition) is 2. The molecule has 4 rings (SSSR count). The largest absolute Gasteiger partial charge is 0.335 e. The van der Waals surface area contributed by atoms with Gasteiger partial charge in [0, 0.05) is 23.7 Å². The maximum absolute atomic E-state index is 14.2. The lowest BCUT2D eigenvalue weighted by Crippen LogP contribution is -2.23. The maximum Gasteiger partial charge on any atom is 0.255 e. The van der Waals surface area contributed by atoms with Crippen LogP contribution in [0.25, 0.3) is 0 Å². The van der Waals surface area contributed by atoms with Crippen LogP contribution in [-0.2, 0) is 6.42 Å². The van der Waals surface area contributed by atoms with Gasteiger partial charge in [-0.1, -0.05) is 36.4 Å². The lowest BCUT2D eigenvalue weighted by atomic mass is 9.76. The number of aromatic amines is 2. The summed E-state index contributed by atoms with van der Waals surface area (Å²) in [6.45, 7) is 0. The topological polar surface area (TPSA) is 48.6 Å². The summed E-state index contributed by atoms with van der Waals surface area (Å²) in [5.41, 5.74) is 2.60. The van der Waals surface area contributed by atoms with Crippen LogP contribution in [0.1, 0.15) is 59.9 Å². The van der Waals surface area contributed by atoms with Gasteiger partial charge in [-0.05, 0) is 66.9 Å². The summed E-state index contributed by atoms with van der Waals surface area (Å²) >= 11 is 5.19. The minimum Gasteiger partial charge on any atom is -0.335 e. The standard InChI is InChI=1S/C23H22F2N2OS/c24-18-11-10-17(20(25)13-18)12-19-21(26-23(29)27-22(19)28)16-8-6-15(7-9-16)14-4-2-1-3-5-14/h1-5,10-11,13,15-16H,6-9,12H2,(H2,26,27,28,29)/t15-,16-. The number of nitrogens with one attached hydrogen (secondary N) is 2. The van der Waals surface area contributed by atoms with Crippen molar-refractivity contribution >= 4 is 12.2 Å². The molecule has 3 aromatic rings. The van der Waals surface area contributed by atoms with Gasteiger partial charge in [0.2, 0.25) is 0 Å². The van der Waals surface area contributed by atoms with Crippen molar-refractivity contribution in [3.05, 3.63) is 97.7 Å². The van der Waals surface area contributed by atoms with E-state index >= 15 is 0 Å². The molecule has 6 heteroatoms. The van der Waals surface area contributed by atoms with Gasteiger partial charge in [0.05, 0.1) is 0 Å². The van der Waals surface area contributed by atoms with E-state index in [1.807, 2.05) is 6.07 Å². The van der Waals surface area contributed by atoms with Crippen molar-refractivity contribution in [2.75, 3.05) is 0 Å². The molecule has 0 spiro atoms. The summed E-state index contributed by atoms with van der Waals surface area (Å²) in [5, 5.41) is 0. The number of rotatable bonds is 4. The highest BCUT2D eigenvalue weighted by atomic mass is 32.1. The minimum atomic E-state index is -0.648. The molecule has 0 radical (unpaired) electrons. The first-order valence-electron chi connectivity index (χ1n) is 9.85. The van der Waals surface area contributed by atoms with Crippen LogP contribution in [0.2, 0.25) is 0 Å². The van der Waals surface area contributed by atoms with Crippen LogP contribution < -0.4 is 5.56 Å². The fourth-order valence-corrected chi connectivity index (χ4v) is 4.55. The van der Waals surface area contributed by atoms with E-state index in [2.05, 4.69) is 34.2 Å². The van der Waals surface area contributed by atoms with Gasteiger partial charge in [0.1, 0.15) is 11.6 Å². The summed E-state index contributed by atoms with van der Waals surface area (Å²) in [6, 6.07) is 13.9. The molecular weight excluding hydrogens is 390 g/mol. The fourth-order valence-electron chi connectivity index (χ4n) is 4.35. The Morgan fingerprint density at radius 2 is 1.62 bits per heavy atom. The zero-order valence-corrected chi connectivity index (χ0v) is 16.7. The molecule has 0 amide bonds. The minimum absolute atomic E-state index is 0.0987. The first kappa shape index (κ1) is 19.7. The molecule has 2 aromatic carbocycles. The van der Waals surface area contributed by atoms with Crippen LogP contribution in [0, 0.1) is 16.4 Å². The predicted molar refractivity (Wildman–Crippen MR) is 112 cm³/mol. The first-order valence-corrected chi connectivity index (χ1v) is 10.3. The van der Waals surface area contributed by atoms with Crippen molar-refractivity contribution in [1.82, 2.24) is 9.97 Å². The quantitative estimate of drug-likeness (QED) is 0.537. The predicted octanol–water partition coefficient (Wildman–Crippen LogP) is 5.74. The highest BCUT2D eigenvalue weighted by molar-refractivity contribution is 7.71. The second-order valence-corrected chi connectivity index (χ2v) is 8.08. The van der Waals surface area contributed by atoms with E-state index in [0.717, 1.165) is 37.4 Å². The Labute approximate surface area is 172 Å². The Balaban J connectivity index is 1.61. The summed E-state index contributed by atoms with van der Waals surface area (Å²) in [4.78, 5) is 18.4. The first-order chi connectivity index (χ1) is 14.0. The Kier molecular flexibility index (Phi) is 5.72. The third kappa shape index (κ3) is 4.37. The molecule has 29 heavy (non-hydrogen) atoms. The highest BCUT2D eigenvalue weighted by Gasteiger charge is 2.27. The van der Waals surface area contributed by atoms with Crippen molar-refractivity contribution in [3.8, 4) is 0 Å². The third-order valence-corrected chi connectivity index (χ3v) is 6.07. The Morgan fingerprint density at radius 3 is 2.31 bits per heavy atom. The van der Waals surface area contributed by atoms with Crippen LogP contribution in [0.3, 0.4) is 0 Å². The monoisotopic (exact) mass is 412 g/mol. The van der Waals surface area contributed by atoms with Crippen LogP contribution in [0.5, 0.6) is 0 Å². The summed E-state index contributed by atoms with van der Waals surface area (Å²) in [5.74, 6) is -0.606. The highest BCUT2D eigenvalue weighted by Crippen LogP contribution is 2.40. The van der Waals surface area contributed by atoms with Crippen molar-refractivity contribution < 1.29 is 8.78 Å². The molecule has 1 aromatic heterocycles. The summed E-state index contributed by atoms with van der Waals surface area (Å²) < 4.78 is 27.7. The van der Waals surface area contributed by atoms with E-state index in [-0.39, 0.29) is 22.7 Å². The van der Waals surface area contributed by atoms with Crippen LogP contribution in [-0.4, -0.2) is 9.97 Å². The van der Waals surface area contributed by atoms with Crippen molar-refractivity contribution in [1.29, 1.82) is 0 Å². The number of halogens is 2. The molecular formula is C23H22F2N2OS. The van der Waals surface area contributed by atoms with E-state index < -0.39 is 11.6 Å². The van der Waals surface area contributed by atoms with E-state index in [1.54, 1.807) is 0 Å². The average Bonchev–Trinajstić information content (AvgIpc) is 2.72. The molecule has 0 atom stereocenters. The van der Waals surface area contributed by atoms with Crippen LogP contribution >= 0.6 is 12.2 Å². The molecule has 1 aliphatic carbocycles. The van der Waals surface area contributed by atoms with Gasteiger partial charge < -0.3 is 4.98 Å². The van der Waals surface area contributed by atoms with Gasteiger partial charge >= 0.3 is 0 Å². The van der Waals surface area contributed by atoms with E-state index in [9.17, 15) is 13.6 Å². The van der Waals surface area contributed by atoms with Crippen molar-refractivity contribution in [3.63, 3.8) is 0 Å². The van der Waals surface area contributed by atoms with Crippen molar-refractivity contribution in [2.24, 2.45) is 0 Å². The van der Waals surface area contributed by atoms with Gasteiger partial charge in [0.25, 0.3) is 5.56 Å². The zero-order chi connectivity index (χ0) is 20.4. The molecule has 2 N–H and O–H groups in total. The molecule has 0 saturated heterocycles. The third-order valence-electron chi connectivity index (χ3n) is 5.86. The normalized spacial score (nSPS) is 19.2.